The molecule has 0 aliphatic heterocycles. The van der Waals surface area contributed by atoms with Gasteiger partial charge in [-0.2, -0.15) is 13.2 Å². The van der Waals surface area contributed by atoms with Gasteiger partial charge in [0.05, 0.1) is 7.11 Å². The quantitative estimate of drug-likeness (QED) is 0.734. The van der Waals surface area contributed by atoms with Crippen molar-refractivity contribution in [3.8, 4) is 11.5 Å². The summed E-state index contributed by atoms with van der Waals surface area (Å²) in [6.45, 7) is -0.809. The molecule has 0 aromatic heterocycles. The van der Waals surface area contributed by atoms with Crippen LogP contribution in [0.3, 0.4) is 0 Å². The van der Waals surface area contributed by atoms with Gasteiger partial charge in [0.15, 0.2) is 18.1 Å². The number of methoxy groups -OCH3 is 1. The van der Waals surface area contributed by atoms with Crippen molar-refractivity contribution in [2.45, 2.75) is 44.3 Å². The van der Waals surface area contributed by atoms with Crippen LogP contribution in [0.15, 0.2) is 18.2 Å². The molecule has 1 fully saturated rings. The van der Waals surface area contributed by atoms with E-state index >= 15 is 0 Å². The van der Waals surface area contributed by atoms with E-state index in [9.17, 15) is 18.0 Å². The maximum Gasteiger partial charge on any atom is 0.422 e. The number of nitrogens with two attached hydrogens (primary N) is 1. The zero-order valence-corrected chi connectivity index (χ0v) is 14.8. The van der Waals surface area contributed by atoms with Gasteiger partial charge in [-0.25, -0.2) is 0 Å². The Hall–Kier alpha value is -1.96. The van der Waals surface area contributed by atoms with Crippen molar-refractivity contribution in [1.29, 1.82) is 0 Å². The number of hydrogen-bond acceptors (Lipinski definition) is 4. The van der Waals surface area contributed by atoms with Crippen LogP contribution < -0.4 is 20.5 Å². The number of aryl methyl sites for hydroxylation is 1. The average Bonchev–Trinajstić information content (AvgIpc) is 3.04. The smallest absolute Gasteiger partial charge is 0.422 e. The van der Waals surface area contributed by atoms with Gasteiger partial charge in [-0.15, -0.1) is 0 Å². The van der Waals surface area contributed by atoms with Gasteiger partial charge in [-0.3, -0.25) is 4.79 Å². The Bertz CT molecular complexity index is 608. The van der Waals surface area contributed by atoms with Crippen molar-refractivity contribution in [3.05, 3.63) is 23.8 Å². The maximum atomic E-state index is 12.3. The van der Waals surface area contributed by atoms with Gasteiger partial charge < -0.3 is 20.5 Å². The largest absolute Gasteiger partial charge is 0.493 e. The van der Waals surface area contributed by atoms with Crippen molar-refractivity contribution in [2.75, 3.05) is 20.3 Å². The second-order valence-corrected chi connectivity index (χ2v) is 6.49. The number of carbonyl (C=O) groups excluding carboxylic acids is 1. The second kappa shape index (κ2) is 9.12. The van der Waals surface area contributed by atoms with Crippen molar-refractivity contribution in [3.63, 3.8) is 0 Å². The van der Waals surface area contributed by atoms with E-state index in [2.05, 4.69) is 5.32 Å². The second-order valence-electron chi connectivity index (χ2n) is 6.49. The molecule has 2 atom stereocenters. The predicted octanol–water partition coefficient (Wildman–Crippen LogP) is 2.81. The van der Waals surface area contributed by atoms with Gasteiger partial charge in [-0.1, -0.05) is 12.5 Å². The van der Waals surface area contributed by atoms with E-state index in [1.54, 1.807) is 12.1 Å². The number of alkyl halides is 3. The Kier molecular flexibility index (Phi) is 7.14. The Morgan fingerprint density at radius 2 is 2.08 bits per heavy atom. The lowest BCUT2D eigenvalue weighted by atomic mass is 10.0. The number of carbonyl (C=O) groups is 1. The van der Waals surface area contributed by atoms with Gasteiger partial charge in [0, 0.05) is 12.5 Å². The third-order valence-electron chi connectivity index (χ3n) is 4.57. The molecule has 5 nitrogen and oxygen atoms in total. The fourth-order valence-corrected chi connectivity index (χ4v) is 3.19. The maximum absolute atomic E-state index is 12.3. The average molecular weight is 374 g/mol. The van der Waals surface area contributed by atoms with Crippen LogP contribution in [0.25, 0.3) is 0 Å². The summed E-state index contributed by atoms with van der Waals surface area (Å²) in [7, 11) is 1.36. The van der Waals surface area contributed by atoms with Crippen LogP contribution in [0.5, 0.6) is 11.5 Å². The minimum Gasteiger partial charge on any atom is -0.493 e. The number of nitrogens with one attached hydrogen (secondary N) is 1. The lowest BCUT2D eigenvalue weighted by Crippen LogP contribution is -2.39. The van der Waals surface area contributed by atoms with Crippen LogP contribution in [-0.2, 0) is 11.2 Å². The zero-order chi connectivity index (χ0) is 19.2. The summed E-state index contributed by atoms with van der Waals surface area (Å²) in [5.41, 5.74) is 6.51. The van der Waals surface area contributed by atoms with E-state index in [0.717, 1.165) is 24.8 Å². The van der Waals surface area contributed by atoms with Gasteiger partial charge in [-0.05, 0) is 49.4 Å². The standard InChI is InChI=1S/C18H25F3N2O3/c1-25-16-9-12(5-7-15(16)26-11-18(19,20)21)6-8-17(24)23-14-4-2-3-13(14)10-22/h5,7,9,13-14H,2-4,6,8,10-11,22H2,1H3,(H,23,24). The van der Waals surface area contributed by atoms with Crippen LogP contribution in [-0.4, -0.2) is 38.4 Å². The first-order valence-electron chi connectivity index (χ1n) is 8.68. The van der Waals surface area contributed by atoms with E-state index in [1.165, 1.54) is 13.2 Å². The molecule has 1 saturated carbocycles. The minimum atomic E-state index is -4.41. The molecule has 146 valence electrons. The van der Waals surface area contributed by atoms with Gasteiger partial charge in [0.2, 0.25) is 5.91 Å². The molecule has 0 spiro atoms. The fraction of sp³-hybridized carbons (Fsp3) is 0.611. The van der Waals surface area contributed by atoms with Crippen molar-refractivity contribution >= 4 is 5.91 Å². The van der Waals surface area contributed by atoms with Crippen LogP contribution >= 0.6 is 0 Å². The highest BCUT2D eigenvalue weighted by molar-refractivity contribution is 5.76. The van der Waals surface area contributed by atoms with Crippen molar-refractivity contribution < 1.29 is 27.4 Å². The molecule has 0 bridgehead atoms. The summed E-state index contributed by atoms with van der Waals surface area (Å²) in [6.07, 6.45) is -0.598. The lowest BCUT2D eigenvalue weighted by Gasteiger charge is -2.19. The normalized spacial score (nSPS) is 20.0. The Morgan fingerprint density at radius 1 is 1.31 bits per heavy atom. The molecular formula is C18H25F3N2O3. The van der Waals surface area contributed by atoms with Crippen molar-refractivity contribution in [2.24, 2.45) is 11.7 Å². The van der Waals surface area contributed by atoms with E-state index in [-0.39, 0.29) is 23.4 Å². The number of halogens is 3. The molecule has 0 radical (unpaired) electrons. The topological polar surface area (TPSA) is 73.6 Å². The van der Waals surface area contributed by atoms with E-state index in [4.69, 9.17) is 15.2 Å². The number of amides is 1. The summed E-state index contributed by atoms with van der Waals surface area (Å²) in [6, 6.07) is 4.80. The monoisotopic (exact) mass is 374 g/mol. The van der Waals surface area contributed by atoms with Gasteiger partial charge >= 0.3 is 6.18 Å². The Morgan fingerprint density at radius 3 is 2.73 bits per heavy atom. The SMILES string of the molecule is COc1cc(CCC(=O)NC2CCCC2CN)ccc1OCC(F)(F)F. The minimum absolute atomic E-state index is 0.0229. The molecule has 26 heavy (non-hydrogen) atoms. The van der Waals surface area contributed by atoms with Crippen molar-refractivity contribution in [1.82, 2.24) is 5.32 Å². The summed E-state index contributed by atoms with van der Waals surface area (Å²) in [5.74, 6) is 0.525. The van der Waals surface area contributed by atoms with E-state index in [0.29, 0.717) is 25.3 Å². The molecule has 0 heterocycles. The molecule has 8 heteroatoms. The predicted molar refractivity (Wildman–Crippen MR) is 91.2 cm³/mol. The van der Waals surface area contributed by atoms with Crippen LogP contribution in [0.2, 0.25) is 0 Å². The van der Waals surface area contributed by atoms with Gasteiger partial charge in [0.25, 0.3) is 0 Å². The lowest BCUT2D eigenvalue weighted by molar-refractivity contribution is -0.153. The number of hydrogen-bond donors (Lipinski definition) is 2. The first kappa shape index (κ1) is 20.4. The highest BCUT2D eigenvalue weighted by Crippen LogP contribution is 2.30. The molecule has 1 amide bonds. The summed E-state index contributed by atoms with van der Waals surface area (Å²) in [5, 5.41) is 3.03. The first-order valence-corrected chi connectivity index (χ1v) is 8.68. The zero-order valence-electron chi connectivity index (χ0n) is 14.8. The Labute approximate surface area is 151 Å². The molecule has 3 N–H and O–H groups in total. The van der Waals surface area contributed by atoms with Gasteiger partial charge in [0.1, 0.15) is 0 Å². The van der Waals surface area contributed by atoms with E-state index in [1.807, 2.05) is 0 Å². The summed E-state index contributed by atoms with van der Waals surface area (Å²) < 4.78 is 46.6. The highest BCUT2D eigenvalue weighted by Gasteiger charge is 2.29. The number of ether oxygens (including phenoxy) is 2. The molecular weight excluding hydrogens is 349 g/mol. The first-order chi connectivity index (χ1) is 12.3. The number of rotatable bonds is 8. The molecule has 2 unspecified atom stereocenters. The van der Waals surface area contributed by atoms with E-state index < -0.39 is 12.8 Å². The van der Waals surface area contributed by atoms with Crippen LogP contribution in [0, 0.1) is 5.92 Å². The molecule has 1 aromatic rings. The Balaban J connectivity index is 1.88. The highest BCUT2D eigenvalue weighted by atomic mass is 19.4. The van der Waals surface area contributed by atoms with Crippen LogP contribution in [0.4, 0.5) is 13.2 Å². The molecule has 1 aliphatic rings. The molecule has 0 saturated heterocycles. The molecule has 1 aromatic carbocycles. The molecule has 2 rings (SSSR count). The summed E-state index contributed by atoms with van der Waals surface area (Å²) in [4.78, 5) is 12.1. The molecule has 1 aliphatic carbocycles. The third-order valence-corrected chi connectivity index (χ3v) is 4.57. The third kappa shape index (κ3) is 6.09. The van der Waals surface area contributed by atoms with Crippen LogP contribution in [0.1, 0.15) is 31.2 Å². The fourth-order valence-electron chi connectivity index (χ4n) is 3.19. The summed E-state index contributed by atoms with van der Waals surface area (Å²) >= 11 is 0. The number of benzene rings is 1.